The van der Waals surface area contributed by atoms with Crippen LogP contribution in [0.25, 0.3) is 6.08 Å². The lowest BCUT2D eigenvalue weighted by molar-refractivity contribution is 0.410. The van der Waals surface area contributed by atoms with E-state index < -0.39 is 0 Å². The maximum atomic E-state index is 5.12. The molecule has 2 rings (SSSR count). The zero-order chi connectivity index (χ0) is 9.10. The van der Waals surface area contributed by atoms with Crippen molar-refractivity contribution in [1.82, 2.24) is 0 Å². The molecule has 1 aromatic rings. The zero-order valence-corrected chi connectivity index (χ0v) is 7.86. The average Bonchev–Trinajstić information content (AvgIpc) is 2.88. The second-order valence-electron chi connectivity index (χ2n) is 3.51. The Morgan fingerprint density at radius 3 is 3.08 bits per heavy atom. The van der Waals surface area contributed by atoms with E-state index in [9.17, 15) is 0 Å². The lowest BCUT2D eigenvalue weighted by atomic mass is 10.1. The van der Waals surface area contributed by atoms with Gasteiger partial charge in [-0.1, -0.05) is 42.0 Å². The molecule has 0 amide bonds. The first-order valence-corrected chi connectivity index (χ1v) is 4.69. The quantitative estimate of drug-likeness (QED) is 0.642. The average molecular weight is 174 g/mol. The van der Waals surface area contributed by atoms with E-state index in [1.165, 1.54) is 11.1 Å². The fourth-order valence-electron chi connectivity index (χ4n) is 1.33. The van der Waals surface area contributed by atoms with E-state index in [4.69, 9.17) is 4.74 Å². The van der Waals surface area contributed by atoms with Crippen molar-refractivity contribution in [2.45, 2.75) is 19.4 Å². The van der Waals surface area contributed by atoms with Crippen LogP contribution in [0.15, 0.2) is 30.3 Å². The topological polar surface area (TPSA) is 12.5 Å². The van der Waals surface area contributed by atoms with Crippen LogP contribution in [0.1, 0.15) is 17.5 Å². The molecule has 0 saturated carbocycles. The molecule has 1 fully saturated rings. The highest BCUT2D eigenvalue weighted by molar-refractivity contribution is 5.50. The van der Waals surface area contributed by atoms with E-state index >= 15 is 0 Å². The van der Waals surface area contributed by atoms with Crippen LogP contribution in [0, 0.1) is 6.92 Å². The highest BCUT2D eigenvalue weighted by Crippen LogP contribution is 2.15. The number of rotatable bonds is 3. The molecule has 68 valence electrons. The number of benzene rings is 1. The van der Waals surface area contributed by atoms with Crippen molar-refractivity contribution in [3.63, 3.8) is 0 Å². The Labute approximate surface area is 79.0 Å². The van der Waals surface area contributed by atoms with E-state index in [0.717, 1.165) is 13.0 Å². The van der Waals surface area contributed by atoms with E-state index in [1.54, 1.807) is 0 Å². The summed E-state index contributed by atoms with van der Waals surface area (Å²) in [7, 11) is 0. The summed E-state index contributed by atoms with van der Waals surface area (Å²) >= 11 is 0. The summed E-state index contributed by atoms with van der Waals surface area (Å²) in [5.41, 5.74) is 2.59. The van der Waals surface area contributed by atoms with Gasteiger partial charge in [0.15, 0.2) is 0 Å². The third-order valence-corrected chi connectivity index (χ3v) is 2.15. The van der Waals surface area contributed by atoms with Gasteiger partial charge in [-0.25, -0.2) is 0 Å². The van der Waals surface area contributed by atoms with E-state index in [2.05, 4.69) is 43.3 Å². The van der Waals surface area contributed by atoms with E-state index in [0.29, 0.717) is 6.10 Å². The Bertz CT molecular complexity index is 311. The summed E-state index contributed by atoms with van der Waals surface area (Å²) < 4.78 is 5.12. The van der Waals surface area contributed by atoms with E-state index in [1.807, 2.05) is 0 Å². The molecule has 13 heavy (non-hydrogen) atoms. The molecule has 0 N–H and O–H groups in total. The first-order chi connectivity index (χ1) is 6.34. The summed E-state index contributed by atoms with van der Waals surface area (Å²) in [6.45, 7) is 3.06. The van der Waals surface area contributed by atoms with Gasteiger partial charge in [0.2, 0.25) is 0 Å². The highest BCUT2D eigenvalue weighted by Gasteiger charge is 2.19. The van der Waals surface area contributed by atoms with Crippen molar-refractivity contribution >= 4 is 6.08 Å². The lowest BCUT2D eigenvalue weighted by Crippen LogP contribution is -1.79. The van der Waals surface area contributed by atoms with Crippen molar-refractivity contribution < 1.29 is 4.74 Å². The van der Waals surface area contributed by atoms with Crippen molar-refractivity contribution in [3.05, 3.63) is 41.5 Å². The minimum Gasteiger partial charge on any atom is -0.373 e. The summed E-state index contributed by atoms with van der Waals surface area (Å²) in [5.74, 6) is 0. The van der Waals surface area contributed by atoms with Crippen molar-refractivity contribution in [2.75, 3.05) is 6.61 Å². The molecule has 1 heterocycles. The molecule has 0 aliphatic carbocycles. The fraction of sp³-hybridized carbons (Fsp3) is 0.333. The molecule has 1 saturated heterocycles. The molecule has 1 heteroatoms. The monoisotopic (exact) mass is 174 g/mol. The lowest BCUT2D eigenvalue weighted by Gasteiger charge is -1.94. The van der Waals surface area contributed by atoms with Gasteiger partial charge in [0.1, 0.15) is 0 Å². The summed E-state index contributed by atoms with van der Waals surface area (Å²) in [6.07, 6.45) is 5.90. The van der Waals surface area contributed by atoms with Gasteiger partial charge in [0.25, 0.3) is 0 Å². The van der Waals surface area contributed by atoms with Gasteiger partial charge in [-0.3, -0.25) is 0 Å². The van der Waals surface area contributed by atoms with Crippen LogP contribution in [-0.2, 0) is 4.74 Å². The van der Waals surface area contributed by atoms with Crippen molar-refractivity contribution in [3.8, 4) is 0 Å². The number of ether oxygens (including phenoxy) is 1. The standard InChI is InChI=1S/C12H14O/c1-10-4-2-5-11(8-10)6-3-7-12-9-13-12/h2-6,8,12H,7,9H2,1H3. The summed E-state index contributed by atoms with van der Waals surface area (Å²) in [6, 6.07) is 8.51. The largest absolute Gasteiger partial charge is 0.373 e. The number of epoxide rings is 1. The van der Waals surface area contributed by atoms with Gasteiger partial charge >= 0.3 is 0 Å². The third kappa shape index (κ3) is 2.71. The van der Waals surface area contributed by atoms with Gasteiger partial charge in [0, 0.05) is 0 Å². The molecule has 0 aromatic heterocycles. The number of aryl methyl sites for hydroxylation is 1. The maximum Gasteiger partial charge on any atom is 0.0844 e. The second-order valence-corrected chi connectivity index (χ2v) is 3.51. The van der Waals surface area contributed by atoms with Crippen LogP contribution >= 0.6 is 0 Å². The molecule has 0 spiro atoms. The molecular weight excluding hydrogens is 160 g/mol. The van der Waals surface area contributed by atoms with Crippen LogP contribution in [0.4, 0.5) is 0 Å². The second kappa shape index (κ2) is 3.75. The normalized spacial score (nSPS) is 20.8. The molecule has 1 aromatic carbocycles. The maximum absolute atomic E-state index is 5.12. The van der Waals surface area contributed by atoms with Gasteiger partial charge in [-0.15, -0.1) is 0 Å². The highest BCUT2D eigenvalue weighted by atomic mass is 16.6. The minimum absolute atomic E-state index is 0.501. The predicted molar refractivity (Wildman–Crippen MR) is 54.6 cm³/mol. The van der Waals surface area contributed by atoms with Gasteiger partial charge in [-0.05, 0) is 18.9 Å². The Balaban J connectivity index is 1.95. The van der Waals surface area contributed by atoms with Gasteiger partial charge < -0.3 is 4.74 Å². The third-order valence-electron chi connectivity index (χ3n) is 2.15. The molecule has 1 atom stereocenters. The predicted octanol–water partition coefficient (Wildman–Crippen LogP) is 2.80. The van der Waals surface area contributed by atoms with Crippen molar-refractivity contribution in [2.24, 2.45) is 0 Å². The smallest absolute Gasteiger partial charge is 0.0844 e. The molecule has 1 unspecified atom stereocenters. The number of hydrogen-bond donors (Lipinski definition) is 0. The minimum atomic E-state index is 0.501. The van der Waals surface area contributed by atoms with Crippen LogP contribution in [0.5, 0.6) is 0 Å². The Hall–Kier alpha value is -1.08. The molecule has 1 aliphatic heterocycles. The SMILES string of the molecule is Cc1cccc(C=CCC2CO2)c1. The first kappa shape index (κ1) is 8.52. The first-order valence-electron chi connectivity index (χ1n) is 4.69. The molecular formula is C12H14O. The Morgan fingerprint density at radius 1 is 1.54 bits per heavy atom. The number of hydrogen-bond acceptors (Lipinski definition) is 1. The summed E-state index contributed by atoms with van der Waals surface area (Å²) in [5, 5.41) is 0. The van der Waals surface area contributed by atoms with Crippen LogP contribution in [-0.4, -0.2) is 12.7 Å². The fourth-order valence-corrected chi connectivity index (χ4v) is 1.33. The van der Waals surface area contributed by atoms with Crippen LogP contribution in [0.3, 0.4) is 0 Å². The van der Waals surface area contributed by atoms with Gasteiger partial charge in [-0.2, -0.15) is 0 Å². The summed E-state index contributed by atoms with van der Waals surface area (Å²) in [4.78, 5) is 0. The Morgan fingerprint density at radius 2 is 2.38 bits per heavy atom. The molecule has 0 bridgehead atoms. The molecule has 1 aliphatic rings. The zero-order valence-electron chi connectivity index (χ0n) is 7.86. The molecule has 0 radical (unpaired) electrons. The van der Waals surface area contributed by atoms with Crippen molar-refractivity contribution in [1.29, 1.82) is 0 Å². The molecule has 1 nitrogen and oxygen atoms in total. The van der Waals surface area contributed by atoms with Gasteiger partial charge in [0.05, 0.1) is 12.7 Å². The van der Waals surface area contributed by atoms with E-state index in [-0.39, 0.29) is 0 Å². The Kier molecular flexibility index (Phi) is 2.46. The van der Waals surface area contributed by atoms with Crippen LogP contribution < -0.4 is 0 Å². The van der Waals surface area contributed by atoms with Crippen LogP contribution in [0.2, 0.25) is 0 Å².